The lowest BCUT2D eigenvalue weighted by Gasteiger charge is -2.32. The van der Waals surface area contributed by atoms with E-state index in [9.17, 15) is 22.4 Å². The summed E-state index contributed by atoms with van der Waals surface area (Å²) in [6.07, 6.45) is 0.943. The van der Waals surface area contributed by atoms with Gasteiger partial charge >= 0.3 is 0 Å². The predicted octanol–water partition coefficient (Wildman–Crippen LogP) is 3.50. The molecule has 2 rings (SSSR count). The van der Waals surface area contributed by atoms with Crippen molar-refractivity contribution in [3.05, 3.63) is 64.4 Å². The number of sulfonamides is 1. The molecule has 2 amide bonds. The van der Waals surface area contributed by atoms with E-state index in [1.54, 1.807) is 6.92 Å². The molecular formula is C23H29ClFN3O4S. The molecule has 2 aromatic rings. The highest BCUT2D eigenvalue weighted by Gasteiger charge is 2.30. The molecule has 0 spiro atoms. The van der Waals surface area contributed by atoms with Crippen LogP contribution in [0.15, 0.2) is 42.5 Å². The average molecular weight is 498 g/mol. The number of hydrogen-bond acceptors (Lipinski definition) is 4. The number of benzene rings is 2. The molecule has 2 aromatic carbocycles. The van der Waals surface area contributed by atoms with Crippen molar-refractivity contribution in [2.24, 2.45) is 0 Å². The quantitative estimate of drug-likeness (QED) is 0.574. The minimum atomic E-state index is -3.92. The fourth-order valence-corrected chi connectivity index (χ4v) is 4.23. The molecule has 0 saturated carbocycles. The molecule has 0 fully saturated rings. The maximum atomic E-state index is 13.6. The number of carbonyl (C=O) groups is 2. The zero-order valence-corrected chi connectivity index (χ0v) is 20.9. The molecule has 33 heavy (non-hydrogen) atoms. The van der Waals surface area contributed by atoms with Crippen molar-refractivity contribution >= 4 is 39.1 Å². The Morgan fingerprint density at radius 2 is 1.76 bits per heavy atom. The Morgan fingerprint density at radius 3 is 2.30 bits per heavy atom. The molecule has 180 valence electrons. The molecule has 0 saturated heterocycles. The van der Waals surface area contributed by atoms with Crippen LogP contribution in [0.5, 0.6) is 0 Å². The molecule has 0 aliphatic heterocycles. The van der Waals surface area contributed by atoms with Gasteiger partial charge in [0.25, 0.3) is 0 Å². The van der Waals surface area contributed by atoms with Crippen LogP contribution in [0.25, 0.3) is 0 Å². The van der Waals surface area contributed by atoms with Gasteiger partial charge < -0.3 is 10.2 Å². The Bertz CT molecular complexity index is 1120. The second kappa shape index (κ2) is 11.0. The van der Waals surface area contributed by atoms with E-state index in [1.165, 1.54) is 11.0 Å². The number of hydrogen-bond donors (Lipinski definition) is 1. The lowest BCUT2D eigenvalue weighted by atomic mass is 10.1. The van der Waals surface area contributed by atoms with Crippen LogP contribution in [0.1, 0.15) is 31.9 Å². The van der Waals surface area contributed by atoms with Crippen LogP contribution in [0, 0.1) is 12.7 Å². The Balaban J connectivity index is 2.43. The van der Waals surface area contributed by atoms with Crippen molar-refractivity contribution in [1.29, 1.82) is 0 Å². The van der Waals surface area contributed by atoms with Crippen LogP contribution >= 0.6 is 11.6 Å². The van der Waals surface area contributed by atoms with E-state index in [1.807, 2.05) is 45.0 Å². The van der Waals surface area contributed by atoms with E-state index in [4.69, 9.17) is 11.6 Å². The van der Waals surface area contributed by atoms with Gasteiger partial charge in [0, 0.05) is 12.6 Å². The highest BCUT2D eigenvalue weighted by atomic mass is 35.5. The third-order valence-electron chi connectivity index (χ3n) is 5.07. The monoisotopic (exact) mass is 497 g/mol. The maximum Gasteiger partial charge on any atom is 0.244 e. The van der Waals surface area contributed by atoms with Crippen LogP contribution in [0.3, 0.4) is 0 Å². The van der Waals surface area contributed by atoms with Gasteiger partial charge in [0.2, 0.25) is 21.8 Å². The van der Waals surface area contributed by atoms with Gasteiger partial charge in [-0.2, -0.15) is 0 Å². The molecule has 10 heteroatoms. The Labute approximate surface area is 199 Å². The summed E-state index contributed by atoms with van der Waals surface area (Å²) < 4.78 is 39.4. The molecule has 0 bridgehead atoms. The highest BCUT2D eigenvalue weighted by molar-refractivity contribution is 7.92. The first kappa shape index (κ1) is 26.6. The van der Waals surface area contributed by atoms with E-state index < -0.39 is 34.3 Å². The number of nitrogens with one attached hydrogen (secondary N) is 1. The minimum absolute atomic E-state index is 0.0485. The number of carbonyl (C=O) groups excluding carboxylic acids is 2. The Kier molecular flexibility index (Phi) is 8.85. The first-order valence-corrected chi connectivity index (χ1v) is 12.6. The van der Waals surface area contributed by atoms with Gasteiger partial charge in [0.1, 0.15) is 18.4 Å². The Morgan fingerprint density at radius 1 is 1.12 bits per heavy atom. The SMILES string of the molecule is Cc1ccccc1CN(C(=O)CN(c1ccc(F)c(Cl)c1)S(C)(=O)=O)[C@@H](C)C(=O)NC(C)C. The molecule has 0 unspecified atom stereocenters. The van der Waals surface area contributed by atoms with Gasteiger partial charge in [-0.05, 0) is 57.0 Å². The van der Waals surface area contributed by atoms with Crippen molar-refractivity contribution in [1.82, 2.24) is 10.2 Å². The zero-order chi connectivity index (χ0) is 24.9. The first-order chi connectivity index (χ1) is 15.3. The first-order valence-electron chi connectivity index (χ1n) is 10.4. The standard InChI is InChI=1S/C23H29ClFN3O4S/c1-15(2)26-23(30)17(4)27(13-18-9-7-6-8-16(18)3)22(29)14-28(33(5,31)32)19-10-11-21(25)20(24)12-19/h6-12,15,17H,13-14H2,1-5H3,(H,26,30)/t17-/m0/s1. The van der Waals surface area contributed by atoms with Gasteiger partial charge in [-0.15, -0.1) is 0 Å². The lowest BCUT2D eigenvalue weighted by Crippen LogP contribution is -2.52. The molecular weight excluding hydrogens is 469 g/mol. The third-order valence-corrected chi connectivity index (χ3v) is 6.50. The summed E-state index contributed by atoms with van der Waals surface area (Å²) in [6, 6.07) is 9.83. The van der Waals surface area contributed by atoms with Crippen molar-refractivity contribution in [2.45, 2.75) is 46.3 Å². The molecule has 1 atom stereocenters. The summed E-state index contributed by atoms with van der Waals surface area (Å²) in [5, 5.41) is 2.51. The molecule has 0 radical (unpaired) electrons. The van der Waals surface area contributed by atoms with Crippen molar-refractivity contribution in [2.75, 3.05) is 17.1 Å². The number of nitrogens with zero attached hydrogens (tertiary/aromatic N) is 2. The van der Waals surface area contributed by atoms with Gasteiger partial charge in [0.05, 0.1) is 17.0 Å². The smallest absolute Gasteiger partial charge is 0.244 e. The summed E-state index contributed by atoms with van der Waals surface area (Å²) in [6.45, 7) is 6.63. The number of amides is 2. The summed E-state index contributed by atoms with van der Waals surface area (Å²) >= 11 is 5.83. The third kappa shape index (κ3) is 7.17. The molecule has 0 heterocycles. The number of aryl methyl sites for hydroxylation is 1. The van der Waals surface area contributed by atoms with Crippen molar-refractivity contribution in [3.8, 4) is 0 Å². The summed E-state index contributed by atoms with van der Waals surface area (Å²) in [5.74, 6) is -1.65. The lowest BCUT2D eigenvalue weighted by molar-refractivity contribution is -0.139. The fourth-order valence-electron chi connectivity index (χ4n) is 3.21. The topological polar surface area (TPSA) is 86.8 Å². The van der Waals surface area contributed by atoms with Crippen LogP contribution < -0.4 is 9.62 Å². The van der Waals surface area contributed by atoms with Gasteiger partial charge in [-0.25, -0.2) is 12.8 Å². The van der Waals surface area contributed by atoms with Crippen molar-refractivity contribution in [3.63, 3.8) is 0 Å². The summed E-state index contributed by atoms with van der Waals surface area (Å²) in [4.78, 5) is 27.5. The molecule has 1 N–H and O–H groups in total. The molecule has 0 aliphatic rings. The molecule has 7 nitrogen and oxygen atoms in total. The van der Waals surface area contributed by atoms with E-state index in [-0.39, 0.29) is 29.2 Å². The predicted molar refractivity (Wildman–Crippen MR) is 128 cm³/mol. The minimum Gasteiger partial charge on any atom is -0.352 e. The largest absolute Gasteiger partial charge is 0.352 e. The Hall–Kier alpha value is -2.65. The van der Waals surface area contributed by atoms with E-state index >= 15 is 0 Å². The van der Waals surface area contributed by atoms with Gasteiger partial charge in [-0.3, -0.25) is 13.9 Å². The molecule has 0 aliphatic carbocycles. The number of halogens is 2. The average Bonchev–Trinajstić information content (AvgIpc) is 2.71. The van der Waals surface area contributed by atoms with Gasteiger partial charge in [0.15, 0.2) is 0 Å². The summed E-state index contributed by atoms with van der Waals surface area (Å²) in [7, 11) is -3.92. The van der Waals surface area contributed by atoms with Crippen LogP contribution in [-0.4, -0.2) is 50.0 Å². The maximum absolute atomic E-state index is 13.6. The van der Waals surface area contributed by atoms with E-state index in [0.717, 1.165) is 33.8 Å². The second-order valence-electron chi connectivity index (χ2n) is 8.16. The fraction of sp³-hybridized carbons (Fsp3) is 0.391. The van der Waals surface area contributed by atoms with Crippen molar-refractivity contribution < 1.29 is 22.4 Å². The van der Waals surface area contributed by atoms with E-state index in [2.05, 4.69) is 5.32 Å². The normalized spacial score (nSPS) is 12.4. The van der Waals surface area contributed by atoms with E-state index in [0.29, 0.717) is 0 Å². The molecule has 0 aromatic heterocycles. The zero-order valence-electron chi connectivity index (χ0n) is 19.3. The van der Waals surface area contributed by atoms with Crippen LogP contribution in [0.2, 0.25) is 5.02 Å². The summed E-state index contributed by atoms with van der Waals surface area (Å²) in [5.41, 5.74) is 1.80. The van der Waals surface area contributed by atoms with Crippen LogP contribution in [-0.2, 0) is 26.2 Å². The van der Waals surface area contributed by atoms with Gasteiger partial charge in [-0.1, -0.05) is 35.9 Å². The number of anilines is 1. The van der Waals surface area contributed by atoms with Crippen LogP contribution in [0.4, 0.5) is 10.1 Å². The highest BCUT2D eigenvalue weighted by Crippen LogP contribution is 2.25. The number of rotatable bonds is 9. The second-order valence-corrected chi connectivity index (χ2v) is 10.5.